The Labute approximate surface area is 158 Å². The van der Waals surface area contributed by atoms with Crippen molar-refractivity contribution in [3.63, 3.8) is 0 Å². The third kappa shape index (κ3) is 3.98. The lowest BCUT2D eigenvalue weighted by Gasteiger charge is -2.27. The number of fused-ring (bicyclic) bond motifs is 1. The number of aromatic nitrogens is 2. The molecule has 2 fully saturated rings. The molecule has 144 valence electrons. The van der Waals surface area contributed by atoms with Crippen LogP contribution in [0.2, 0.25) is 0 Å². The first-order valence-corrected chi connectivity index (χ1v) is 10.9. The van der Waals surface area contributed by atoms with Gasteiger partial charge >= 0.3 is 0 Å². The van der Waals surface area contributed by atoms with E-state index in [0.717, 1.165) is 31.9 Å². The third-order valence-corrected chi connectivity index (χ3v) is 6.52. The van der Waals surface area contributed by atoms with E-state index in [2.05, 4.69) is 22.6 Å². The van der Waals surface area contributed by atoms with Crippen molar-refractivity contribution in [1.82, 2.24) is 15.3 Å². The minimum absolute atomic E-state index is 0.459. The molecule has 1 aromatic heterocycles. The van der Waals surface area contributed by atoms with Gasteiger partial charge in [-0.1, -0.05) is 19.3 Å². The number of hydrogen-bond acceptors (Lipinski definition) is 5. The van der Waals surface area contributed by atoms with E-state index in [1.165, 1.54) is 81.3 Å². The van der Waals surface area contributed by atoms with Gasteiger partial charge in [0, 0.05) is 30.7 Å². The number of likely N-dealkylation sites (N-methyl/N-ethyl adjacent to an activating group) is 1. The Morgan fingerprint density at radius 1 is 0.808 bits per heavy atom. The van der Waals surface area contributed by atoms with Gasteiger partial charge in [0.2, 0.25) is 5.95 Å². The summed E-state index contributed by atoms with van der Waals surface area (Å²) in [7, 11) is 2.07. The van der Waals surface area contributed by atoms with Gasteiger partial charge in [0.05, 0.1) is 5.69 Å². The van der Waals surface area contributed by atoms with E-state index < -0.39 is 0 Å². The van der Waals surface area contributed by atoms with Crippen LogP contribution >= 0.6 is 0 Å². The average Bonchev–Trinajstić information content (AvgIpc) is 2.85. The molecule has 1 aliphatic heterocycles. The van der Waals surface area contributed by atoms with Crippen molar-refractivity contribution >= 4 is 11.8 Å². The van der Waals surface area contributed by atoms with E-state index in [1.807, 2.05) is 0 Å². The Bertz CT molecular complexity index is 594. The molecule has 2 unspecified atom stereocenters. The van der Waals surface area contributed by atoms with E-state index in [-0.39, 0.29) is 0 Å². The van der Waals surface area contributed by atoms with Crippen LogP contribution in [0.4, 0.5) is 11.8 Å². The van der Waals surface area contributed by atoms with Crippen molar-refractivity contribution in [3.8, 4) is 0 Å². The molecule has 2 aliphatic carbocycles. The summed E-state index contributed by atoms with van der Waals surface area (Å²) in [6.45, 7) is 2.32. The number of nitrogens with one attached hydrogen (secondary N) is 2. The summed E-state index contributed by atoms with van der Waals surface area (Å²) in [6.07, 6.45) is 15.2. The molecule has 0 bridgehead atoms. The molecular formula is C21H35N5. The molecule has 2 atom stereocenters. The second kappa shape index (κ2) is 8.55. The average molecular weight is 358 g/mol. The normalized spacial score (nSPS) is 26.9. The Kier molecular flexibility index (Phi) is 5.93. The van der Waals surface area contributed by atoms with E-state index in [9.17, 15) is 0 Å². The highest BCUT2D eigenvalue weighted by Crippen LogP contribution is 2.31. The fourth-order valence-corrected chi connectivity index (χ4v) is 5.00. The molecule has 1 saturated carbocycles. The molecular weight excluding hydrogens is 322 g/mol. The molecule has 0 aromatic carbocycles. The fraction of sp³-hybridized carbons (Fsp3) is 0.810. The molecule has 1 saturated heterocycles. The van der Waals surface area contributed by atoms with E-state index in [0.29, 0.717) is 12.1 Å². The largest absolute Gasteiger partial charge is 0.356 e. The van der Waals surface area contributed by atoms with Crippen LogP contribution in [-0.4, -0.2) is 42.2 Å². The summed E-state index contributed by atoms with van der Waals surface area (Å²) < 4.78 is 0. The van der Waals surface area contributed by atoms with Gasteiger partial charge in [0.15, 0.2) is 0 Å². The van der Waals surface area contributed by atoms with Crippen molar-refractivity contribution in [1.29, 1.82) is 0 Å². The van der Waals surface area contributed by atoms with Crippen LogP contribution in [0.25, 0.3) is 0 Å². The minimum atomic E-state index is 0.459. The summed E-state index contributed by atoms with van der Waals surface area (Å²) >= 11 is 0. The Morgan fingerprint density at radius 3 is 2.35 bits per heavy atom. The maximum atomic E-state index is 5.10. The molecule has 3 aliphatic rings. The van der Waals surface area contributed by atoms with E-state index >= 15 is 0 Å². The van der Waals surface area contributed by atoms with Gasteiger partial charge in [0.25, 0.3) is 0 Å². The smallest absolute Gasteiger partial charge is 0.225 e. The van der Waals surface area contributed by atoms with Crippen LogP contribution < -0.4 is 15.5 Å². The Balaban J connectivity index is 1.64. The van der Waals surface area contributed by atoms with Gasteiger partial charge in [-0.15, -0.1) is 0 Å². The van der Waals surface area contributed by atoms with Crippen molar-refractivity contribution in [2.24, 2.45) is 0 Å². The molecule has 0 spiro atoms. The van der Waals surface area contributed by atoms with E-state index in [1.54, 1.807) is 0 Å². The molecule has 5 heteroatoms. The summed E-state index contributed by atoms with van der Waals surface area (Å²) in [4.78, 5) is 12.7. The number of aryl methyl sites for hydroxylation is 1. The van der Waals surface area contributed by atoms with Crippen molar-refractivity contribution < 1.29 is 0 Å². The highest BCUT2D eigenvalue weighted by atomic mass is 15.2. The first-order chi connectivity index (χ1) is 12.8. The second-order valence-electron chi connectivity index (χ2n) is 8.33. The lowest BCUT2D eigenvalue weighted by Crippen LogP contribution is -2.38. The first kappa shape index (κ1) is 18.0. The molecule has 0 amide bonds. The van der Waals surface area contributed by atoms with Crippen LogP contribution in [-0.2, 0) is 12.8 Å². The van der Waals surface area contributed by atoms with Gasteiger partial charge in [-0.3, -0.25) is 0 Å². The quantitative estimate of drug-likeness (QED) is 0.805. The predicted molar refractivity (Wildman–Crippen MR) is 108 cm³/mol. The maximum Gasteiger partial charge on any atom is 0.225 e. The predicted octanol–water partition coefficient (Wildman–Crippen LogP) is 3.68. The summed E-state index contributed by atoms with van der Waals surface area (Å²) in [6, 6.07) is 1.000. The Morgan fingerprint density at radius 2 is 1.54 bits per heavy atom. The van der Waals surface area contributed by atoms with E-state index in [4.69, 9.17) is 9.97 Å². The van der Waals surface area contributed by atoms with Crippen LogP contribution in [0.5, 0.6) is 0 Å². The molecule has 26 heavy (non-hydrogen) atoms. The topological polar surface area (TPSA) is 53.1 Å². The fourth-order valence-electron chi connectivity index (χ4n) is 5.00. The highest BCUT2D eigenvalue weighted by molar-refractivity contribution is 5.53. The maximum absolute atomic E-state index is 5.10. The summed E-state index contributed by atoms with van der Waals surface area (Å²) in [5, 5.41) is 7.16. The first-order valence-electron chi connectivity index (χ1n) is 10.9. The number of anilines is 2. The van der Waals surface area contributed by atoms with Gasteiger partial charge in [-0.25, -0.2) is 4.98 Å². The standard InChI is InChI=1S/C21H35N5/c1-22-18-12-9-13-19(18)24-21-23-17-11-6-4-5-10-16(17)20(25-21)26-14-7-2-3-8-15-26/h18-19,22H,2-15H2,1H3,(H,23,24,25). The lowest BCUT2D eigenvalue weighted by molar-refractivity contribution is 0.538. The zero-order chi connectivity index (χ0) is 17.8. The van der Waals surface area contributed by atoms with Gasteiger partial charge < -0.3 is 15.5 Å². The monoisotopic (exact) mass is 357 g/mol. The SMILES string of the molecule is CNC1CCCC1Nc1nc2c(c(N3CCCCCC3)n1)CCCCC2. The zero-order valence-electron chi connectivity index (χ0n) is 16.4. The summed E-state index contributed by atoms with van der Waals surface area (Å²) in [5.74, 6) is 2.12. The molecule has 1 aromatic rings. The van der Waals surface area contributed by atoms with Crippen LogP contribution in [0.1, 0.15) is 75.5 Å². The number of rotatable bonds is 4. The van der Waals surface area contributed by atoms with Crippen LogP contribution in [0.15, 0.2) is 0 Å². The zero-order valence-corrected chi connectivity index (χ0v) is 16.4. The van der Waals surface area contributed by atoms with Crippen molar-refractivity contribution in [2.75, 3.05) is 30.4 Å². The highest BCUT2D eigenvalue weighted by Gasteiger charge is 2.28. The molecule has 2 N–H and O–H groups in total. The van der Waals surface area contributed by atoms with Gasteiger partial charge in [-0.05, 0) is 64.8 Å². The third-order valence-electron chi connectivity index (χ3n) is 6.52. The van der Waals surface area contributed by atoms with Crippen LogP contribution in [0, 0.1) is 0 Å². The Hall–Kier alpha value is -1.36. The second-order valence-corrected chi connectivity index (χ2v) is 8.33. The van der Waals surface area contributed by atoms with Crippen molar-refractivity contribution in [3.05, 3.63) is 11.3 Å². The number of nitrogens with zero attached hydrogens (tertiary/aromatic N) is 3. The van der Waals surface area contributed by atoms with Crippen LogP contribution in [0.3, 0.4) is 0 Å². The molecule has 2 heterocycles. The summed E-state index contributed by atoms with van der Waals surface area (Å²) in [5.41, 5.74) is 2.77. The van der Waals surface area contributed by atoms with Gasteiger partial charge in [-0.2, -0.15) is 4.98 Å². The van der Waals surface area contributed by atoms with Crippen molar-refractivity contribution in [2.45, 2.75) is 89.1 Å². The minimum Gasteiger partial charge on any atom is -0.356 e. The van der Waals surface area contributed by atoms with Gasteiger partial charge in [0.1, 0.15) is 5.82 Å². The lowest BCUT2D eigenvalue weighted by atomic mass is 10.1. The molecule has 0 radical (unpaired) electrons. The molecule has 5 nitrogen and oxygen atoms in total. The molecule has 4 rings (SSSR count). The number of hydrogen-bond donors (Lipinski definition) is 2.